The summed E-state index contributed by atoms with van der Waals surface area (Å²) in [7, 11) is 0. The number of thioether (sulfide) groups is 1. The smallest absolute Gasteiger partial charge is 0.337 e. The number of benzene rings is 1. The molecule has 20 heavy (non-hydrogen) atoms. The maximum atomic E-state index is 12.1. The number of anilines is 1. The lowest BCUT2D eigenvalue weighted by atomic mass is 10.2. The van der Waals surface area contributed by atoms with E-state index in [1.807, 2.05) is 6.92 Å². The number of hydrogen-bond acceptors (Lipinski definition) is 5. The largest absolute Gasteiger partial charge is 0.478 e. The summed E-state index contributed by atoms with van der Waals surface area (Å²) in [5, 5.41) is 10.8. The maximum absolute atomic E-state index is 12.1. The number of carboxylic acid groups (broad SMARTS) is 1. The van der Waals surface area contributed by atoms with Crippen LogP contribution in [0.15, 0.2) is 24.3 Å². The summed E-state index contributed by atoms with van der Waals surface area (Å²) in [6.45, 7) is 2.26. The molecule has 0 aliphatic carbocycles. The molecule has 1 aromatic rings. The molecule has 1 aromatic carbocycles. The third-order valence-electron chi connectivity index (χ3n) is 2.82. The molecule has 0 spiro atoms. The first kappa shape index (κ1) is 14.4. The number of nitrogens with zero attached hydrogens (tertiary/aromatic N) is 1. The lowest BCUT2D eigenvalue weighted by Gasteiger charge is -2.15. The van der Waals surface area contributed by atoms with Crippen LogP contribution in [0.5, 0.6) is 0 Å². The SMILES string of the molecule is CCCN1C(=O)SC(Nc2ccccc2C(=O)O)C1=O. The highest BCUT2D eigenvalue weighted by Gasteiger charge is 2.39. The molecule has 2 rings (SSSR count). The van der Waals surface area contributed by atoms with E-state index in [1.165, 1.54) is 11.0 Å². The lowest BCUT2D eigenvalue weighted by molar-refractivity contribution is -0.126. The van der Waals surface area contributed by atoms with Gasteiger partial charge in [-0.05, 0) is 30.3 Å². The van der Waals surface area contributed by atoms with E-state index in [-0.39, 0.29) is 16.7 Å². The van der Waals surface area contributed by atoms with Crippen molar-refractivity contribution >= 4 is 34.6 Å². The second kappa shape index (κ2) is 5.96. The molecule has 1 atom stereocenters. The Bertz CT molecular complexity index is 561. The van der Waals surface area contributed by atoms with Crippen LogP contribution >= 0.6 is 11.8 Å². The van der Waals surface area contributed by atoms with Crippen LogP contribution in [-0.4, -0.2) is 39.0 Å². The number of nitrogens with one attached hydrogen (secondary N) is 1. The first-order valence-electron chi connectivity index (χ1n) is 6.15. The Morgan fingerprint density at radius 1 is 1.40 bits per heavy atom. The molecule has 1 aliphatic heterocycles. The molecule has 106 valence electrons. The van der Waals surface area contributed by atoms with Gasteiger partial charge in [-0.1, -0.05) is 19.1 Å². The molecule has 0 aromatic heterocycles. The van der Waals surface area contributed by atoms with Gasteiger partial charge in [-0.25, -0.2) is 4.79 Å². The van der Waals surface area contributed by atoms with E-state index in [0.717, 1.165) is 11.8 Å². The lowest BCUT2D eigenvalue weighted by Crippen LogP contribution is -2.35. The minimum atomic E-state index is -1.08. The number of hydrogen-bond donors (Lipinski definition) is 2. The second-order valence-corrected chi connectivity index (χ2v) is 5.31. The minimum absolute atomic E-state index is 0.0716. The Balaban J connectivity index is 2.18. The zero-order chi connectivity index (χ0) is 14.7. The van der Waals surface area contributed by atoms with Crippen molar-refractivity contribution in [1.82, 2.24) is 4.90 Å². The summed E-state index contributed by atoms with van der Waals surface area (Å²) in [5.41, 5.74) is 0.402. The highest BCUT2D eigenvalue weighted by Crippen LogP contribution is 2.29. The number of carbonyl (C=O) groups is 3. The van der Waals surface area contributed by atoms with Crippen LogP contribution < -0.4 is 5.32 Å². The topological polar surface area (TPSA) is 86.7 Å². The van der Waals surface area contributed by atoms with Crippen molar-refractivity contribution in [2.75, 3.05) is 11.9 Å². The Morgan fingerprint density at radius 3 is 2.75 bits per heavy atom. The molecule has 0 radical (unpaired) electrons. The van der Waals surface area contributed by atoms with Crippen LogP contribution in [0.25, 0.3) is 0 Å². The predicted molar refractivity (Wildman–Crippen MR) is 75.8 cm³/mol. The number of para-hydroxylation sites is 1. The van der Waals surface area contributed by atoms with Crippen LogP contribution in [0.2, 0.25) is 0 Å². The van der Waals surface area contributed by atoms with Crippen molar-refractivity contribution in [1.29, 1.82) is 0 Å². The Kier molecular flexibility index (Phi) is 4.29. The van der Waals surface area contributed by atoms with Crippen molar-refractivity contribution in [3.05, 3.63) is 29.8 Å². The second-order valence-electron chi connectivity index (χ2n) is 4.25. The van der Waals surface area contributed by atoms with Crippen molar-refractivity contribution < 1.29 is 19.5 Å². The summed E-state index contributed by atoms with van der Waals surface area (Å²) in [4.78, 5) is 36.1. The van der Waals surface area contributed by atoms with Gasteiger partial charge < -0.3 is 10.4 Å². The molecule has 1 unspecified atom stereocenters. The molecular weight excluding hydrogens is 280 g/mol. The fourth-order valence-corrected chi connectivity index (χ4v) is 2.82. The molecule has 7 heteroatoms. The minimum Gasteiger partial charge on any atom is -0.478 e. The fraction of sp³-hybridized carbons (Fsp3) is 0.308. The number of amides is 2. The molecule has 1 fully saturated rings. The van der Waals surface area contributed by atoms with E-state index in [0.29, 0.717) is 18.7 Å². The molecular formula is C13H14N2O4S. The van der Waals surface area contributed by atoms with Gasteiger partial charge in [-0.3, -0.25) is 14.5 Å². The van der Waals surface area contributed by atoms with Gasteiger partial charge in [-0.2, -0.15) is 0 Å². The van der Waals surface area contributed by atoms with Gasteiger partial charge >= 0.3 is 5.97 Å². The van der Waals surface area contributed by atoms with Crippen molar-refractivity contribution in [3.63, 3.8) is 0 Å². The van der Waals surface area contributed by atoms with Crippen LogP contribution in [-0.2, 0) is 4.79 Å². The average Bonchev–Trinajstić information content (AvgIpc) is 2.67. The number of imide groups is 1. The molecule has 1 heterocycles. The molecule has 1 saturated heterocycles. The quantitative estimate of drug-likeness (QED) is 0.866. The number of aromatic carboxylic acids is 1. The summed E-state index contributed by atoms with van der Waals surface area (Å²) in [6, 6.07) is 6.29. The van der Waals surface area contributed by atoms with Crippen LogP contribution in [0.4, 0.5) is 10.5 Å². The van der Waals surface area contributed by atoms with E-state index < -0.39 is 11.3 Å². The van der Waals surface area contributed by atoms with Gasteiger partial charge in [0.15, 0.2) is 5.37 Å². The van der Waals surface area contributed by atoms with Gasteiger partial charge in [0.25, 0.3) is 11.1 Å². The van der Waals surface area contributed by atoms with Crippen LogP contribution in [0.1, 0.15) is 23.7 Å². The third kappa shape index (κ3) is 2.77. The third-order valence-corrected chi connectivity index (χ3v) is 3.80. The van der Waals surface area contributed by atoms with E-state index in [9.17, 15) is 14.4 Å². The zero-order valence-corrected chi connectivity index (χ0v) is 11.6. The first-order chi connectivity index (χ1) is 9.54. The normalized spacial score (nSPS) is 18.4. The van der Waals surface area contributed by atoms with E-state index in [4.69, 9.17) is 5.11 Å². The molecule has 6 nitrogen and oxygen atoms in total. The van der Waals surface area contributed by atoms with Crippen molar-refractivity contribution in [2.45, 2.75) is 18.7 Å². The molecule has 2 amide bonds. The van der Waals surface area contributed by atoms with Crippen LogP contribution in [0, 0.1) is 0 Å². The van der Waals surface area contributed by atoms with E-state index in [2.05, 4.69) is 5.32 Å². The van der Waals surface area contributed by atoms with Crippen LogP contribution in [0.3, 0.4) is 0 Å². The zero-order valence-electron chi connectivity index (χ0n) is 10.8. The Morgan fingerprint density at radius 2 is 2.10 bits per heavy atom. The average molecular weight is 294 g/mol. The standard InChI is InChI=1S/C13H14N2O4S/c1-2-7-15-11(16)10(20-13(15)19)14-9-6-4-3-5-8(9)12(17)18/h3-6,10,14H,2,7H2,1H3,(H,17,18). The number of carbonyl (C=O) groups excluding carboxylic acids is 2. The maximum Gasteiger partial charge on any atom is 0.337 e. The van der Waals surface area contributed by atoms with Crippen molar-refractivity contribution in [2.24, 2.45) is 0 Å². The van der Waals surface area contributed by atoms with E-state index >= 15 is 0 Å². The molecule has 1 aliphatic rings. The van der Waals surface area contributed by atoms with Crippen molar-refractivity contribution in [3.8, 4) is 0 Å². The fourth-order valence-electron chi connectivity index (χ4n) is 1.90. The summed E-state index contributed by atoms with van der Waals surface area (Å²) < 4.78 is 0. The monoisotopic (exact) mass is 294 g/mol. The molecule has 0 bridgehead atoms. The number of carboxylic acids is 1. The van der Waals surface area contributed by atoms with Gasteiger partial charge in [0.2, 0.25) is 0 Å². The molecule has 0 saturated carbocycles. The van der Waals surface area contributed by atoms with Gasteiger partial charge in [0.1, 0.15) is 0 Å². The highest BCUT2D eigenvalue weighted by molar-refractivity contribution is 8.15. The number of rotatable bonds is 5. The molecule has 2 N–H and O–H groups in total. The summed E-state index contributed by atoms with van der Waals surface area (Å²) >= 11 is 0.870. The first-order valence-corrected chi connectivity index (χ1v) is 7.03. The Labute approximate surface area is 120 Å². The summed E-state index contributed by atoms with van der Waals surface area (Å²) in [5.74, 6) is -1.41. The summed E-state index contributed by atoms with van der Waals surface area (Å²) in [6.07, 6.45) is 0.691. The van der Waals surface area contributed by atoms with Gasteiger partial charge in [-0.15, -0.1) is 0 Å². The predicted octanol–water partition coefficient (Wildman–Crippen LogP) is 2.23. The van der Waals surface area contributed by atoms with Gasteiger partial charge in [0.05, 0.1) is 5.56 Å². The van der Waals surface area contributed by atoms with Gasteiger partial charge in [0, 0.05) is 12.2 Å². The highest BCUT2D eigenvalue weighted by atomic mass is 32.2. The van der Waals surface area contributed by atoms with E-state index in [1.54, 1.807) is 18.2 Å². The Hall–Kier alpha value is -2.02.